The second kappa shape index (κ2) is 7.25. The summed E-state index contributed by atoms with van der Waals surface area (Å²) in [6, 6.07) is 2.02. The van der Waals surface area contributed by atoms with Gasteiger partial charge in [-0.05, 0) is 25.7 Å². The van der Waals surface area contributed by atoms with Gasteiger partial charge in [0.05, 0.1) is 0 Å². The van der Waals surface area contributed by atoms with Crippen LogP contribution in [-0.2, 0) is 4.74 Å². The van der Waals surface area contributed by atoms with Gasteiger partial charge in [-0.15, -0.1) is 0 Å². The molecule has 1 fully saturated rings. The molecule has 1 aromatic heterocycles. The highest BCUT2D eigenvalue weighted by Gasteiger charge is 2.13. The predicted molar refractivity (Wildman–Crippen MR) is 76.2 cm³/mol. The molecule has 4 N–H and O–H groups in total. The molecule has 0 radical (unpaired) electrons. The zero-order chi connectivity index (χ0) is 13.5. The van der Waals surface area contributed by atoms with Crippen LogP contribution in [0.25, 0.3) is 0 Å². The third-order valence-electron chi connectivity index (χ3n) is 3.18. The number of anilines is 2. The summed E-state index contributed by atoms with van der Waals surface area (Å²) in [4.78, 5) is 8.39. The Hall–Kier alpha value is -1.40. The fourth-order valence-corrected chi connectivity index (χ4v) is 2.02. The second-order valence-electron chi connectivity index (χ2n) is 5.08. The quantitative estimate of drug-likeness (QED) is 0.713. The normalized spacial score (nSPS) is 18.0. The van der Waals surface area contributed by atoms with Crippen LogP contribution in [0.5, 0.6) is 0 Å². The number of aromatic nitrogens is 2. The number of hydrogen-bond acceptors (Lipinski definition) is 6. The maximum Gasteiger partial charge on any atom is 0.131 e. The van der Waals surface area contributed by atoms with Crippen LogP contribution in [0.3, 0.4) is 0 Å². The van der Waals surface area contributed by atoms with E-state index in [0.717, 1.165) is 44.2 Å². The van der Waals surface area contributed by atoms with Crippen LogP contribution in [0.1, 0.15) is 19.8 Å². The summed E-state index contributed by atoms with van der Waals surface area (Å²) in [7, 11) is 0. The van der Waals surface area contributed by atoms with Crippen LogP contribution in [0.2, 0.25) is 0 Å². The van der Waals surface area contributed by atoms with Gasteiger partial charge in [0.2, 0.25) is 0 Å². The van der Waals surface area contributed by atoms with Gasteiger partial charge in [-0.3, -0.25) is 0 Å². The fraction of sp³-hybridized carbons (Fsp3) is 0.692. The molecule has 19 heavy (non-hydrogen) atoms. The van der Waals surface area contributed by atoms with Gasteiger partial charge in [0.15, 0.2) is 0 Å². The van der Waals surface area contributed by atoms with Crippen LogP contribution in [-0.4, -0.2) is 42.3 Å². The fourth-order valence-electron chi connectivity index (χ4n) is 2.02. The molecule has 6 heteroatoms. The van der Waals surface area contributed by atoms with Gasteiger partial charge in [-0.2, -0.15) is 0 Å². The summed E-state index contributed by atoms with van der Waals surface area (Å²) in [5, 5.41) is 6.55. The first kappa shape index (κ1) is 14.0. The summed E-state index contributed by atoms with van der Waals surface area (Å²) >= 11 is 0. The van der Waals surface area contributed by atoms with Crippen molar-refractivity contribution >= 4 is 11.6 Å². The van der Waals surface area contributed by atoms with Crippen molar-refractivity contribution in [1.82, 2.24) is 9.97 Å². The Balaban J connectivity index is 1.80. The largest absolute Gasteiger partial charge is 0.381 e. The lowest BCUT2D eigenvalue weighted by Crippen LogP contribution is -2.25. The van der Waals surface area contributed by atoms with E-state index in [1.165, 1.54) is 0 Å². The van der Waals surface area contributed by atoms with E-state index < -0.39 is 0 Å². The van der Waals surface area contributed by atoms with Crippen LogP contribution in [0, 0.1) is 5.92 Å². The van der Waals surface area contributed by atoms with Gasteiger partial charge >= 0.3 is 0 Å². The number of nitrogens with one attached hydrogen (secondary N) is 2. The summed E-state index contributed by atoms with van der Waals surface area (Å²) in [6.07, 6.45) is 3.80. The van der Waals surface area contributed by atoms with Crippen molar-refractivity contribution in [2.45, 2.75) is 25.8 Å². The minimum atomic E-state index is 0.105. The Bertz CT molecular complexity index is 379. The SMILES string of the molecule is CC(N)CNc1cc(NCC2CCOCC2)ncn1. The molecule has 0 saturated carbocycles. The average molecular weight is 265 g/mol. The molecule has 0 spiro atoms. The minimum Gasteiger partial charge on any atom is -0.381 e. The van der Waals surface area contributed by atoms with Gasteiger partial charge in [-0.1, -0.05) is 0 Å². The number of ether oxygens (including phenoxy) is 1. The number of hydrogen-bond donors (Lipinski definition) is 3. The second-order valence-corrected chi connectivity index (χ2v) is 5.08. The summed E-state index contributed by atoms with van der Waals surface area (Å²) in [5.74, 6) is 2.33. The van der Waals surface area contributed by atoms with Crippen LogP contribution < -0.4 is 16.4 Å². The molecular weight excluding hydrogens is 242 g/mol. The van der Waals surface area contributed by atoms with E-state index in [1.807, 2.05) is 13.0 Å². The molecule has 1 aliphatic rings. The standard InChI is InChI=1S/C13H23N5O/c1-10(14)7-15-12-6-13(18-9-17-12)16-8-11-2-4-19-5-3-11/h6,9-11H,2-5,7-8,14H2,1H3,(H2,15,16,17,18). The number of nitrogens with zero attached hydrogens (tertiary/aromatic N) is 2. The van der Waals surface area contributed by atoms with E-state index in [2.05, 4.69) is 20.6 Å². The molecule has 1 unspecified atom stereocenters. The Morgan fingerprint density at radius 2 is 2.00 bits per heavy atom. The van der Waals surface area contributed by atoms with Gasteiger partial charge < -0.3 is 21.1 Å². The molecule has 0 amide bonds. The Labute approximate surface area is 114 Å². The lowest BCUT2D eigenvalue weighted by molar-refractivity contribution is 0.0699. The molecular formula is C13H23N5O. The first-order valence-electron chi connectivity index (χ1n) is 6.87. The average Bonchev–Trinajstić information content (AvgIpc) is 2.44. The topological polar surface area (TPSA) is 85.1 Å². The van der Waals surface area contributed by atoms with E-state index in [9.17, 15) is 0 Å². The molecule has 1 saturated heterocycles. The molecule has 2 heterocycles. The van der Waals surface area contributed by atoms with Crippen molar-refractivity contribution in [3.05, 3.63) is 12.4 Å². The highest BCUT2D eigenvalue weighted by molar-refractivity contribution is 5.46. The number of nitrogens with two attached hydrogens (primary N) is 1. The van der Waals surface area contributed by atoms with Crippen molar-refractivity contribution in [3.63, 3.8) is 0 Å². The third-order valence-corrected chi connectivity index (χ3v) is 3.18. The Morgan fingerprint density at radius 1 is 1.32 bits per heavy atom. The first-order chi connectivity index (χ1) is 9.24. The monoisotopic (exact) mass is 265 g/mol. The first-order valence-corrected chi connectivity index (χ1v) is 6.87. The molecule has 1 aliphatic heterocycles. The van der Waals surface area contributed by atoms with Crippen molar-refractivity contribution in [2.24, 2.45) is 11.7 Å². The summed E-state index contributed by atoms with van der Waals surface area (Å²) in [5.41, 5.74) is 5.70. The van der Waals surface area contributed by atoms with E-state index in [1.54, 1.807) is 6.33 Å². The smallest absolute Gasteiger partial charge is 0.131 e. The molecule has 0 bridgehead atoms. The Kier molecular flexibility index (Phi) is 5.35. The van der Waals surface area contributed by atoms with Gasteiger partial charge in [0, 0.05) is 38.4 Å². The molecule has 6 nitrogen and oxygen atoms in total. The van der Waals surface area contributed by atoms with Crippen molar-refractivity contribution in [2.75, 3.05) is 36.9 Å². The van der Waals surface area contributed by atoms with Gasteiger partial charge in [0.1, 0.15) is 18.0 Å². The molecule has 1 atom stereocenters. The highest BCUT2D eigenvalue weighted by Crippen LogP contribution is 2.16. The molecule has 1 aromatic rings. The highest BCUT2D eigenvalue weighted by atomic mass is 16.5. The van der Waals surface area contributed by atoms with Crippen LogP contribution in [0.15, 0.2) is 12.4 Å². The minimum absolute atomic E-state index is 0.105. The van der Waals surface area contributed by atoms with E-state index in [-0.39, 0.29) is 6.04 Å². The lowest BCUT2D eigenvalue weighted by Gasteiger charge is -2.22. The zero-order valence-corrected chi connectivity index (χ0v) is 11.4. The van der Waals surface area contributed by atoms with Crippen LogP contribution in [0.4, 0.5) is 11.6 Å². The van der Waals surface area contributed by atoms with Gasteiger partial charge in [0.25, 0.3) is 0 Å². The summed E-state index contributed by atoms with van der Waals surface area (Å²) in [6.45, 7) is 5.34. The number of rotatable bonds is 6. The third kappa shape index (κ3) is 5.00. The van der Waals surface area contributed by atoms with E-state index in [4.69, 9.17) is 10.5 Å². The summed E-state index contributed by atoms with van der Waals surface area (Å²) < 4.78 is 5.35. The van der Waals surface area contributed by atoms with Crippen molar-refractivity contribution in [1.29, 1.82) is 0 Å². The predicted octanol–water partition coefficient (Wildman–Crippen LogP) is 1.07. The van der Waals surface area contributed by atoms with Crippen LogP contribution >= 0.6 is 0 Å². The molecule has 2 rings (SSSR count). The Morgan fingerprint density at radius 3 is 2.68 bits per heavy atom. The van der Waals surface area contributed by atoms with Crippen molar-refractivity contribution < 1.29 is 4.74 Å². The van der Waals surface area contributed by atoms with E-state index >= 15 is 0 Å². The molecule has 0 aromatic carbocycles. The molecule has 106 valence electrons. The lowest BCUT2D eigenvalue weighted by atomic mass is 10.0. The maximum absolute atomic E-state index is 5.70. The maximum atomic E-state index is 5.70. The zero-order valence-electron chi connectivity index (χ0n) is 11.4. The van der Waals surface area contributed by atoms with Gasteiger partial charge in [-0.25, -0.2) is 9.97 Å². The molecule has 0 aliphatic carbocycles. The van der Waals surface area contributed by atoms with Crippen molar-refractivity contribution in [3.8, 4) is 0 Å². The van der Waals surface area contributed by atoms with E-state index in [0.29, 0.717) is 12.5 Å².